The van der Waals surface area contributed by atoms with Crippen LogP contribution in [0, 0.1) is 0 Å². The van der Waals surface area contributed by atoms with Gasteiger partial charge in [-0.15, -0.1) is 0 Å². The van der Waals surface area contributed by atoms with Gasteiger partial charge in [0.05, 0.1) is 13.2 Å². The Hall–Kier alpha value is -1.55. The van der Waals surface area contributed by atoms with Crippen LogP contribution in [-0.4, -0.2) is 85.6 Å². The first-order chi connectivity index (χ1) is 9.78. The molecule has 0 aromatic carbocycles. The van der Waals surface area contributed by atoms with E-state index in [1.807, 2.05) is 4.90 Å². The molecule has 1 rings (SSSR count). The smallest absolute Gasteiger partial charge is 0.406 e. The molecule has 0 aromatic rings. The van der Waals surface area contributed by atoms with Gasteiger partial charge in [0, 0.05) is 26.2 Å². The Labute approximate surface area is 119 Å². The van der Waals surface area contributed by atoms with Crippen molar-refractivity contribution in [3.05, 3.63) is 0 Å². The lowest BCUT2D eigenvalue weighted by molar-refractivity contribution is -0.148. The van der Waals surface area contributed by atoms with Crippen molar-refractivity contribution in [1.82, 2.24) is 15.1 Å². The van der Waals surface area contributed by atoms with E-state index in [9.17, 15) is 22.8 Å². The van der Waals surface area contributed by atoms with E-state index in [1.54, 1.807) is 0 Å². The van der Waals surface area contributed by atoms with E-state index in [-0.39, 0.29) is 11.4 Å². The molecular formula is C11H18F3N3O4. The Balaban J connectivity index is 2.38. The van der Waals surface area contributed by atoms with Gasteiger partial charge < -0.3 is 20.1 Å². The second kappa shape index (κ2) is 8.03. The van der Waals surface area contributed by atoms with E-state index in [0.717, 1.165) is 0 Å². The Morgan fingerprint density at radius 3 is 2.43 bits per heavy atom. The highest BCUT2D eigenvalue weighted by Crippen LogP contribution is 2.16. The minimum Gasteiger partial charge on any atom is -0.480 e. The van der Waals surface area contributed by atoms with Crippen LogP contribution in [0.1, 0.15) is 0 Å². The van der Waals surface area contributed by atoms with Crippen LogP contribution in [-0.2, 0) is 9.53 Å². The van der Waals surface area contributed by atoms with Crippen LogP contribution < -0.4 is 5.32 Å². The van der Waals surface area contributed by atoms with Crippen LogP contribution in [0.25, 0.3) is 0 Å². The molecule has 21 heavy (non-hydrogen) atoms. The minimum absolute atomic E-state index is 0.146. The predicted molar refractivity (Wildman–Crippen MR) is 65.9 cm³/mol. The summed E-state index contributed by atoms with van der Waals surface area (Å²) in [5.41, 5.74) is 0. The summed E-state index contributed by atoms with van der Waals surface area (Å²) in [4.78, 5) is 24.3. The summed E-state index contributed by atoms with van der Waals surface area (Å²) in [5, 5.41) is 10.8. The molecule has 1 fully saturated rings. The molecule has 2 N–H and O–H groups in total. The molecule has 0 bridgehead atoms. The van der Waals surface area contributed by atoms with Crippen molar-refractivity contribution in [2.24, 2.45) is 0 Å². The number of nitrogens with zero attached hydrogens (tertiary/aromatic N) is 2. The van der Waals surface area contributed by atoms with Crippen LogP contribution >= 0.6 is 0 Å². The zero-order valence-corrected chi connectivity index (χ0v) is 11.4. The van der Waals surface area contributed by atoms with Crippen molar-refractivity contribution in [3.63, 3.8) is 0 Å². The Morgan fingerprint density at radius 2 is 1.90 bits per heavy atom. The quantitative estimate of drug-likeness (QED) is 0.720. The van der Waals surface area contributed by atoms with Gasteiger partial charge in [0.15, 0.2) is 0 Å². The van der Waals surface area contributed by atoms with Crippen molar-refractivity contribution in [3.8, 4) is 0 Å². The van der Waals surface area contributed by atoms with E-state index in [4.69, 9.17) is 9.84 Å². The number of nitrogens with one attached hydrogen (secondary N) is 1. The number of hydrogen-bond acceptors (Lipinski definition) is 4. The fourth-order valence-electron chi connectivity index (χ4n) is 1.84. The molecular weight excluding hydrogens is 295 g/mol. The molecule has 1 aliphatic heterocycles. The SMILES string of the molecule is O=C(O)CN(CC(F)(F)F)C(=O)NCCN1CCOCC1. The number of hydrogen-bond donors (Lipinski definition) is 2. The van der Waals surface area contributed by atoms with E-state index in [2.05, 4.69) is 5.32 Å². The summed E-state index contributed by atoms with van der Waals surface area (Å²) in [5.74, 6) is -1.50. The average Bonchev–Trinajstić information content (AvgIpc) is 2.37. The first-order valence-electron chi connectivity index (χ1n) is 6.39. The van der Waals surface area contributed by atoms with E-state index in [1.165, 1.54) is 0 Å². The van der Waals surface area contributed by atoms with E-state index >= 15 is 0 Å². The van der Waals surface area contributed by atoms with Crippen molar-refractivity contribution in [2.75, 3.05) is 52.5 Å². The maximum Gasteiger partial charge on any atom is 0.406 e. The summed E-state index contributed by atoms with van der Waals surface area (Å²) in [6.45, 7) is 0.565. The van der Waals surface area contributed by atoms with Gasteiger partial charge in [-0.25, -0.2) is 4.79 Å². The molecule has 0 radical (unpaired) electrons. The van der Waals surface area contributed by atoms with Gasteiger partial charge in [0.2, 0.25) is 0 Å². The first-order valence-corrected chi connectivity index (χ1v) is 6.39. The molecule has 0 aliphatic carbocycles. The zero-order valence-electron chi connectivity index (χ0n) is 11.4. The monoisotopic (exact) mass is 313 g/mol. The number of alkyl halides is 3. The lowest BCUT2D eigenvalue weighted by Crippen LogP contribution is -2.49. The van der Waals surface area contributed by atoms with Crippen molar-refractivity contribution >= 4 is 12.0 Å². The number of carboxylic acids is 1. The summed E-state index contributed by atoms with van der Waals surface area (Å²) < 4.78 is 42.0. The molecule has 1 heterocycles. The summed E-state index contributed by atoms with van der Waals surface area (Å²) in [6.07, 6.45) is -4.64. The maximum atomic E-state index is 12.3. The topological polar surface area (TPSA) is 82.1 Å². The van der Waals surface area contributed by atoms with Crippen LogP contribution in [0.4, 0.5) is 18.0 Å². The van der Waals surface area contributed by atoms with E-state index in [0.29, 0.717) is 32.8 Å². The van der Waals surface area contributed by atoms with Gasteiger partial charge in [-0.05, 0) is 0 Å². The van der Waals surface area contributed by atoms with Crippen molar-refractivity contribution in [1.29, 1.82) is 0 Å². The van der Waals surface area contributed by atoms with Gasteiger partial charge in [-0.3, -0.25) is 9.69 Å². The van der Waals surface area contributed by atoms with Crippen molar-refractivity contribution < 1.29 is 32.6 Å². The lowest BCUT2D eigenvalue weighted by atomic mass is 10.4. The number of carbonyl (C=O) groups excluding carboxylic acids is 1. The maximum absolute atomic E-state index is 12.3. The predicted octanol–water partition coefficient (Wildman–Crippen LogP) is -0.0229. The number of halogens is 3. The largest absolute Gasteiger partial charge is 0.480 e. The summed E-state index contributed by atoms with van der Waals surface area (Å²) in [6, 6.07) is -1.04. The fourth-order valence-corrected chi connectivity index (χ4v) is 1.84. The molecule has 0 unspecified atom stereocenters. The standard InChI is InChI=1S/C11H18F3N3O4/c12-11(13,14)8-17(7-9(18)19)10(20)15-1-2-16-3-5-21-6-4-16/h1-8H2,(H,15,20)(H,18,19). The Bertz CT molecular complexity index is 359. The number of urea groups is 1. The molecule has 1 saturated heterocycles. The molecule has 0 saturated carbocycles. The Morgan fingerprint density at radius 1 is 1.29 bits per heavy atom. The molecule has 0 atom stereocenters. The molecule has 1 aliphatic rings. The Kier molecular flexibility index (Phi) is 6.69. The average molecular weight is 313 g/mol. The normalized spacial score (nSPS) is 16.5. The molecule has 122 valence electrons. The number of aliphatic carboxylic acids is 1. The van der Waals surface area contributed by atoms with Gasteiger partial charge in [0.25, 0.3) is 0 Å². The number of rotatable bonds is 6. The zero-order chi connectivity index (χ0) is 15.9. The molecule has 2 amide bonds. The second-order valence-corrected chi connectivity index (χ2v) is 4.55. The fraction of sp³-hybridized carbons (Fsp3) is 0.818. The summed E-state index contributed by atoms with van der Waals surface area (Å²) >= 11 is 0. The van der Waals surface area contributed by atoms with Gasteiger partial charge in [0.1, 0.15) is 13.1 Å². The van der Waals surface area contributed by atoms with E-state index < -0.39 is 31.3 Å². The molecule has 10 heteroatoms. The third-order valence-electron chi connectivity index (χ3n) is 2.79. The highest BCUT2D eigenvalue weighted by molar-refractivity contribution is 5.80. The number of morpholine rings is 1. The van der Waals surface area contributed by atoms with Crippen LogP contribution in [0.5, 0.6) is 0 Å². The lowest BCUT2D eigenvalue weighted by Gasteiger charge is -2.27. The number of amides is 2. The molecule has 7 nitrogen and oxygen atoms in total. The second-order valence-electron chi connectivity index (χ2n) is 4.55. The molecule has 0 aromatic heterocycles. The molecule has 0 spiro atoms. The van der Waals surface area contributed by atoms with Gasteiger partial charge in [-0.1, -0.05) is 0 Å². The highest BCUT2D eigenvalue weighted by atomic mass is 19.4. The number of carbonyl (C=O) groups is 2. The van der Waals surface area contributed by atoms with Crippen molar-refractivity contribution in [2.45, 2.75) is 6.18 Å². The third kappa shape index (κ3) is 7.71. The van der Waals surface area contributed by atoms with Gasteiger partial charge in [-0.2, -0.15) is 13.2 Å². The minimum atomic E-state index is -4.64. The first kappa shape index (κ1) is 17.5. The summed E-state index contributed by atoms with van der Waals surface area (Å²) in [7, 11) is 0. The van der Waals surface area contributed by atoms with Gasteiger partial charge >= 0.3 is 18.2 Å². The van der Waals surface area contributed by atoms with Crippen LogP contribution in [0.3, 0.4) is 0 Å². The highest BCUT2D eigenvalue weighted by Gasteiger charge is 2.33. The van der Waals surface area contributed by atoms with Crippen LogP contribution in [0.2, 0.25) is 0 Å². The number of carboxylic acid groups (broad SMARTS) is 1. The third-order valence-corrected chi connectivity index (χ3v) is 2.79. The number of ether oxygens (including phenoxy) is 1. The van der Waals surface area contributed by atoms with Crippen LogP contribution in [0.15, 0.2) is 0 Å².